The van der Waals surface area contributed by atoms with Gasteiger partial charge in [0.1, 0.15) is 11.8 Å². The van der Waals surface area contributed by atoms with E-state index in [4.69, 9.17) is 4.74 Å². The van der Waals surface area contributed by atoms with Crippen LogP contribution in [-0.4, -0.2) is 35.4 Å². The molecule has 0 bridgehead atoms. The van der Waals surface area contributed by atoms with Gasteiger partial charge in [-0.2, -0.15) is 0 Å². The van der Waals surface area contributed by atoms with Crippen molar-refractivity contribution in [2.45, 2.75) is 70.0 Å². The molecule has 0 spiro atoms. The van der Waals surface area contributed by atoms with Gasteiger partial charge in [0.05, 0.1) is 13.0 Å². The fourth-order valence-corrected chi connectivity index (χ4v) is 5.02. The summed E-state index contributed by atoms with van der Waals surface area (Å²) in [4.78, 5) is 29.9. The highest BCUT2D eigenvalue weighted by Gasteiger charge is 2.42. The highest BCUT2D eigenvalue weighted by atomic mass is 32.1. The normalized spacial score (nSPS) is 17.5. The predicted octanol–water partition coefficient (Wildman–Crippen LogP) is 4.48. The van der Waals surface area contributed by atoms with Crippen LogP contribution in [0.4, 0.5) is 0 Å². The van der Waals surface area contributed by atoms with Crippen LogP contribution >= 0.6 is 11.3 Å². The molecule has 30 heavy (non-hydrogen) atoms. The number of hydrogen-bond donors (Lipinski definition) is 1. The SMILES string of the molecule is CCOc1ccccc1[C@H](C(=O)NC1CCCC1)N(C(=O)Cc1cccs1)C1CC1. The summed E-state index contributed by atoms with van der Waals surface area (Å²) in [5.74, 6) is 0.611. The highest BCUT2D eigenvalue weighted by molar-refractivity contribution is 7.10. The van der Waals surface area contributed by atoms with Crippen LogP contribution in [0.15, 0.2) is 41.8 Å². The minimum atomic E-state index is -0.659. The maximum atomic E-state index is 13.6. The Labute approximate surface area is 182 Å². The number of thiophene rings is 1. The second-order valence-corrected chi connectivity index (χ2v) is 9.18. The van der Waals surface area contributed by atoms with Gasteiger partial charge in [0.25, 0.3) is 0 Å². The van der Waals surface area contributed by atoms with Crippen LogP contribution in [0, 0.1) is 0 Å². The highest BCUT2D eigenvalue weighted by Crippen LogP contribution is 2.39. The van der Waals surface area contributed by atoms with Crippen LogP contribution in [0.1, 0.15) is 61.9 Å². The monoisotopic (exact) mass is 426 g/mol. The summed E-state index contributed by atoms with van der Waals surface area (Å²) < 4.78 is 5.86. The zero-order valence-corrected chi connectivity index (χ0v) is 18.3. The Balaban J connectivity index is 1.67. The maximum Gasteiger partial charge on any atom is 0.247 e. The van der Waals surface area contributed by atoms with Gasteiger partial charge in [0.2, 0.25) is 11.8 Å². The molecule has 2 amide bonds. The molecular formula is C24H30N2O3S. The van der Waals surface area contributed by atoms with Gasteiger partial charge < -0.3 is 15.0 Å². The number of amides is 2. The Kier molecular flexibility index (Phi) is 6.72. The summed E-state index contributed by atoms with van der Waals surface area (Å²) in [5, 5.41) is 5.22. The van der Waals surface area contributed by atoms with Crippen molar-refractivity contribution in [3.8, 4) is 5.75 Å². The largest absolute Gasteiger partial charge is 0.494 e. The molecule has 2 fully saturated rings. The first-order valence-corrected chi connectivity index (χ1v) is 11.9. The standard InChI is InChI=1S/C24H30N2O3S/c1-2-29-21-12-6-5-11-20(21)23(24(28)25-17-8-3-4-9-17)26(18-13-14-18)22(27)16-19-10-7-15-30-19/h5-7,10-12,15,17-18,23H,2-4,8-9,13-14,16H2,1H3,(H,25,28)/t23-/m1/s1. The van der Waals surface area contributed by atoms with Gasteiger partial charge in [0.15, 0.2) is 0 Å². The van der Waals surface area contributed by atoms with Gasteiger partial charge in [-0.15, -0.1) is 11.3 Å². The van der Waals surface area contributed by atoms with Gasteiger partial charge in [-0.25, -0.2) is 0 Å². The molecule has 6 heteroatoms. The van der Waals surface area contributed by atoms with E-state index in [-0.39, 0.29) is 23.9 Å². The van der Waals surface area contributed by atoms with E-state index in [9.17, 15) is 9.59 Å². The third kappa shape index (κ3) is 4.86. The second kappa shape index (κ2) is 9.65. The number of carbonyl (C=O) groups is 2. The van der Waals surface area contributed by atoms with E-state index in [0.717, 1.165) is 49.0 Å². The fraction of sp³-hybridized carbons (Fsp3) is 0.500. The van der Waals surface area contributed by atoms with Crippen molar-refractivity contribution in [1.82, 2.24) is 10.2 Å². The first-order chi connectivity index (χ1) is 14.7. The van der Waals surface area contributed by atoms with E-state index >= 15 is 0 Å². The lowest BCUT2D eigenvalue weighted by Crippen LogP contribution is -2.47. The number of nitrogens with one attached hydrogen (secondary N) is 1. The van der Waals surface area contributed by atoms with E-state index in [2.05, 4.69) is 5.32 Å². The fourth-order valence-electron chi connectivity index (χ4n) is 4.33. The average Bonchev–Trinajstić information content (AvgIpc) is 3.19. The smallest absolute Gasteiger partial charge is 0.247 e. The zero-order chi connectivity index (χ0) is 20.9. The van der Waals surface area contributed by atoms with Crippen molar-refractivity contribution >= 4 is 23.2 Å². The van der Waals surface area contributed by atoms with Crippen LogP contribution in [0.2, 0.25) is 0 Å². The van der Waals surface area contributed by atoms with Crippen molar-refractivity contribution in [1.29, 1.82) is 0 Å². The van der Waals surface area contributed by atoms with Gasteiger partial charge in [-0.3, -0.25) is 9.59 Å². The molecule has 1 atom stereocenters. The Hall–Kier alpha value is -2.34. The Bertz CT molecular complexity index is 857. The van der Waals surface area contributed by atoms with E-state index in [1.807, 2.05) is 53.6 Å². The molecule has 2 aliphatic carbocycles. The molecule has 1 aromatic carbocycles. The van der Waals surface area contributed by atoms with Crippen LogP contribution in [-0.2, 0) is 16.0 Å². The molecule has 1 N–H and O–H groups in total. The number of nitrogens with zero attached hydrogens (tertiary/aromatic N) is 1. The molecule has 160 valence electrons. The van der Waals surface area contributed by atoms with Crippen molar-refractivity contribution in [3.63, 3.8) is 0 Å². The van der Waals surface area contributed by atoms with E-state index in [1.54, 1.807) is 11.3 Å². The van der Waals surface area contributed by atoms with Crippen LogP contribution in [0.3, 0.4) is 0 Å². The lowest BCUT2D eigenvalue weighted by Gasteiger charge is -2.33. The summed E-state index contributed by atoms with van der Waals surface area (Å²) in [5.41, 5.74) is 0.779. The predicted molar refractivity (Wildman–Crippen MR) is 119 cm³/mol. The summed E-state index contributed by atoms with van der Waals surface area (Å²) in [6, 6.07) is 11.3. The van der Waals surface area contributed by atoms with Crippen molar-refractivity contribution in [3.05, 3.63) is 52.2 Å². The molecular weight excluding hydrogens is 396 g/mol. The number of ether oxygens (including phenoxy) is 1. The average molecular weight is 427 g/mol. The minimum absolute atomic E-state index is 0.0119. The van der Waals surface area contributed by atoms with E-state index in [1.165, 1.54) is 0 Å². The molecule has 0 aliphatic heterocycles. The molecule has 4 rings (SSSR count). The quantitative estimate of drug-likeness (QED) is 0.643. The van der Waals surface area contributed by atoms with E-state index < -0.39 is 6.04 Å². The first-order valence-electron chi connectivity index (χ1n) is 11.0. The molecule has 1 heterocycles. The Morgan fingerprint density at radius 2 is 1.90 bits per heavy atom. The third-order valence-electron chi connectivity index (χ3n) is 5.88. The number of benzene rings is 1. The van der Waals surface area contributed by atoms with Gasteiger partial charge in [-0.05, 0) is 50.1 Å². The molecule has 0 saturated heterocycles. The molecule has 2 aromatic rings. The molecule has 2 saturated carbocycles. The zero-order valence-electron chi connectivity index (χ0n) is 17.5. The van der Waals surface area contributed by atoms with Crippen LogP contribution in [0.25, 0.3) is 0 Å². The third-order valence-corrected chi connectivity index (χ3v) is 6.75. The number of carbonyl (C=O) groups excluding carboxylic acids is 2. The lowest BCUT2D eigenvalue weighted by molar-refractivity contribution is -0.141. The molecule has 1 aromatic heterocycles. The number of para-hydroxylation sites is 1. The van der Waals surface area contributed by atoms with Crippen molar-refractivity contribution in [2.24, 2.45) is 0 Å². The number of hydrogen-bond acceptors (Lipinski definition) is 4. The van der Waals surface area contributed by atoms with Crippen molar-refractivity contribution < 1.29 is 14.3 Å². The van der Waals surface area contributed by atoms with Crippen LogP contribution in [0.5, 0.6) is 5.75 Å². The molecule has 2 aliphatic rings. The molecule has 0 unspecified atom stereocenters. The molecule has 0 radical (unpaired) electrons. The summed E-state index contributed by atoms with van der Waals surface area (Å²) >= 11 is 1.58. The molecule has 5 nitrogen and oxygen atoms in total. The van der Waals surface area contributed by atoms with Crippen LogP contribution < -0.4 is 10.1 Å². The first kappa shape index (κ1) is 20.9. The minimum Gasteiger partial charge on any atom is -0.494 e. The van der Waals surface area contributed by atoms with Gasteiger partial charge in [-0.1, -0.05) is 37.1 Å². The van der Waals surface area contributed by atoms with Gasteiger partial charge >= 0.3 is 0 Å². The van der Waals surface area contributed by atoms with Crippen molar-refractivity contribution in [2.75, 3.05) is 6.61 Å². The second-order valence-electron chi connectivity index (χ2n) is 8.15. The Morgan fingerprint density at radius 1 is 1.13 bits per heavy atom. The summed E-state index contributed by atoms with van der Waals surface area (Å²) in [7, 11) is 0. The maximum absolute atomic E-state index is 13.6. The summed E-state index contributed by atoms with van der Waals surface area (Å²) in [6.07, 6.45) is 6.54. The number of rotatable bonds is 9. The lowest BCUT2D eigenvalue weighted by atomic mass is 10.0. The van der Waals surface area contributed by atoms with Gasteiger partial charge in [0, 0.05) is 22.5 Å². The van der Waals surface area contributed by atoms with E-state index in [0.29, 0.717) is 18.8 Å². The topological polar surface area (TPSA) is 58.6 Å². The Morgan fingerprint density at radius 3 is 2.57 bits per heavy atom. The summed E-state index contributed by atoms with van der Waals surface area (Å²) in [6.45, 7) is 2.45.